The van der Waals surface area contributed by atoms with E-state index in [1.807, 2.05) is 24.3 Å². The van der Waals surface area contributed by atoms with Crippen molar-refractivity contribution in [3.63, 3.8) is 0 Å². The minimum Gasteiger partial charge on any atom is -0.383 e. The van der Waals surface area contributed by atoms with Crippen LogP contribution in [0.4, 0.5) is 11.6 Å². The highest BCUT2D eigenvalue weighted by atomic mass is 35.5. The first-order valence-corrected chi connectivity index (χ1v) is 7.93. The molecule has 0 aliphatic heterocycles. The smallest absolute Gasteiger partial charge is 0.230 e. The van der Waals surface area contributed by atoms with Crippen LogP contribution in [0, 0.1) is 0 Å². The Morgan fingerprint density at radius 2 is 1.95 bits per heavy atom. The molecule has 1 amide bonds. The number of carbonyl (C=O) groups excluding carboxylic acids is 1. The van der Waals surface area contributed by atoms with E-state index in [4.69, 9.17) is 23.1 Å². The van der Waals surface area contributed by atoms with Gasteiger partial charge in [0.25, 0.3) is 0 Å². The first kappa shape index (κ1) is 16.4. The first-order valence-electron chi connectivity index (χ1n) is 6.57. The van der Waals surface area contributed by atoms with Gasteiger partial charge in [0, 0.05) is 17.6 Å². The monoisotopic (exact) mass is 337 g/mol. The summed E-state index contributed by atoms with van der Waals surface area (Å²) in [7, 11) is 0. The number of benzene rings is 1. The summed E-state index contributed by atoms with van der Waals surface area (Å²) in [6, 6.07) is 9.02. The van der Waals surface area contributed by atoms with Crippen LogP contribution < -0.4 is 16.8 Å². The first-order chi connectivity index (χ1) is 10.5. The quantitative estimate of drug-likeness (QED) is 0.547. The fourth-order valence-corrected chi connectivity index (χ4v) is 2.66. The zero-order chi connectivity index (χ0) is 15.9. The second-order valence-electron chi connectivity index (χ2n) is 4.52. The molecule has 22 heavy (non-hydrogen) atoms. The molecule has 0 saturated heterocycles. The van der Waals surface area contributed by atoms with Crippen LogP contribution in [0.2, 0.25) is 5.02 Å². The fraction of sp³-hybridized carbons (Fsp3) is 0.214. The van der Waals surface area contributed by atoms with Gasteiger partial charge in [0.1, 0.15) is 11.6 Å². The molecule has 2 rings (SSSR count). The molecule has 0 spiro atoms. The molecule has 0 radical (unpaired) electrons. The van der Waals surface area contributed by atoms with E-state index in [-0.39, 0.29) is 23.3 Å². The maximum absolute atomic E-state index is 11.8. The molecule has 0 atom stereocenters. The molecule has 0 unspecified atom stereocenters. The molecule has 6 nitrogen and oxygen atoms in total. The van der Waals surface area contributed by atoms with Crippen molar-refractivity contribution in [3.8, 4) is 0 Å². The summed E-state index contributed by atoms with van der Waals surface area (Å²) in [6.07, 6.45) is 0.721. The van der Waals surface area contributed by atoms with Gasteiger partial charge in [0.05, 0.1) is 5.75 Å². The molecule has 116 valence electrons. The van der Waals surface area contributed by atoms with Crippen molar-refractivity contribution in [2.24, 2.45) is 0 Å². The maximum atomic E-state index is 11.8. The Hall–Kier alpha value is -1.99. The molecule has 1 aromatic carbocycles. The van der Waals surface area contributed by atoms with Crippen LogP contribution in [0.25, 0.3) is 0 Å². The third kappa shape index (κ3) is 5.42. The Labute approximate surface area is 137 Å². The number of halogens is 1. The van der Waals surface area contributed by atoms with Gasteiger partial charge in [-0.25, -0.2) is 9.97 Å². The van der Waals surface area contributed by atoms with Gasteiger partial charge in [0.15, 0.2) is 5.16 Å². The highest BCUT2D eigenvalue weighted by Crippen LogP contribution is 2.16. The standard InChI is InChI=1S/C14H16ClN5OS/c15-10-3-1-2-9(6-10)4-5-18-13(21)8-22-14-19-11(16)7-12(17)20-14/h1-3,6-7H,4-5,8H2,(H,18,21)(H4,16,17,19,20). The van der Waals surface area contributed by atoms with E-state index in [0.717, 1.165) is 12.0 Å². The zero-order valence-electron chi connectivity index (χ0n) is 11.8. The Kier molecular flexibility index (Phi) is 5.85. The predicted octanol–water partition coefficient (Wildman–Crippen LogP) is 1.75. The number of aromatic nitrogens is 2. The van der Waals surface area contributed by atoms with E-state index < -0.39 is 0 Å². The van der Waals surface area contributed by atoms with Crippen LogP contribution >= 0.6 is 23.4 Å². The minimum absolute atomic E-state index is 0.100. The molecule has 2 aromatic rings. The minimum atomic E-state index is -0.100. The van der Waals surface area contributed by atoms with Crippen LogP contribution in [0.5, 0.6) is 0 Å². The fourth-order valence-electron chi connectivity index (χ4n) is 1.75. The molecule has 1 heterocycles. The average molecular weight is 338 g/mol. The van der Waals surface area contributed by atoms with E-state index in [9.17, 15) is 4.79 Å². The highest BCUT2D eigenvalue weighted by molar-refractivity contribution is 7.99. The Morgan fingerprint density at radius 1 is 1.23 bits per heavy atom. The third-order valence-corrected chi connectivity index (χ3v) is 3.78. The van der Waals surface area contributed by atoms with Crippen molar-refractivity contribution in [2.45, 2.75) is 11.6 Å². The van der Waals surface area contributed by atoms with Gasteiger partial charge in [-0.3, -0.25) is 4.79 Å². The Morgan fingerprint density at radius 3 is 2.64 bits per heavy atom. The van der Waals surface area contributed by atoms with Gasteiger partial charge in [0.2, 0.25) is 5.91 Å². The van der Waals surface area contributed by atoms with Crippen molar-refractivity contribution >= 4 is 40.9 Å². The lowest BCUT2D eigenvalue weighted by molar-refractivity contribution is -0.118. The summed E-state index contributed by atoms with van der Waals surface area (Å²) in [6.45, 7) is 0.541. The van der Waals surface area contributed by atoms with Crippen LogP contribution in [0.1, 0.15) is 5.56 Å². The normalized spacial score (nSPS) is 10.4. The van der Waals surface area contributed by atoms with E-state index in [1.165, 1.54) is 17.8 Å². The molecule has 0 fully saturated rings. The van der Waals surface area contributed by atoms with Gasteiger partial charge < -0.3 is 16.8 Å². The Bertz CT molecular complexity index is 647. The van der Waals surface area contributed by atoms with E-state index in [1.54, 1.807) is 0 Å². The van der Waals surface area contributed by atoms with Gasteiger partial charge in [-0.2, -0.15) is 0 Å². The second kappa shape index (κ2) is 7.86. The van der Waals surface area contributed by atoms with Crippen LogP contribution in [-0.2, 0) is 11.2 Å². The number of carbonyl (C=O) groups is 1. The summed E-state index contributed by atoms with van der Waals surface area (Å²) in [5.74, 6) is 0.683. The molecule has 8 heteroatoms. The molecule has 0 bridgehead atoms. The number of nitrogen functional groups attached to an aromatic ring is 2. The predicted molar refractivity (Wildman–Crippen MR) is 89.7 cm³/mol. The number of thioether (sulfide) groups is 1. The SMILES string of the molecule is Nc1cc(N)nc(SCC(=O)NCCc2cccc(Cl)c2)n1. The molecule has 0 aliphatic rings. The third-order valence-electron chi connectivity index (χ3n) is 2.70. The largest absolute Gasteiger partial charge is 0.383 e. The van der Waals surface area contributed by atoms with Gasteiger partial charge in [-0.05, 0) is 24.1 Å². The second-order valence-corrected chi connectivity index (χ2v) is 5.90. The van der Waals surface area contributed by atoms with Crippen molar-refractivity contribution < 1.29 is 4.79 Å². The van der Waals surface area contributed by atoms with Crippen molar-refractivity contribution in [1.82, 2.24) is 15.3 Å². The molecule has 0 aliphatic carbocycles. The number of rotatable bonds is 6. The summed E-state index contributed by atoms with van der Waals surface area (Å²) in [5.41, 5.74) is 12.2. The van der Waals surface area contributed by atoms with Gasteiger partial charge in [-0.1, -0.05) is 35.5 Å². The molecule has 1 aromatic heterocycles. The topological polar surface area (TPSA) is 107 Å². The summed E-state index contributed by atoms with van der Waals surface area (Å²) >= 11 is 7.09. The molecule has 0 saturated carbocycles. The summed E-state index contributed by atoms with van der Waals surface area (Å²) < 4.78 is 0. The number of hydrogen-bond acceptors (Lipinski definition) is 6. The number of nitrogens with zero attached hydrogens (tertiary/aromatic N) is 2. The molecular formula is C14H16ClN5OS. The van der Waals surface area contributed by atoms with Gasteiger partial charge in [-0.15, -0.1) is 0 Å². The average Bonchev–Trinajstić information content (AvgIpc) is 2.44. The number of nitrogens with two attached hydrogens (primary N) is 2. The number of nitrogens with one attached hydrogen (secondary N) is 1. The number of hydrogen-bond donors (Lipinski definition) is 3. The summed E-state index contributed by atoms with van der Waals surface area (Å²) in [5, 5.41) is 3.91. The van der Waals surface area contributed by atoms with Crippen LogP contribution in [-0.4, -0.2) is 28.2 Å². The van der Waals surface area contributed by atoms with E-state index in [2.05, 4.69) is 15.3 Å². The van der Waals surface area contributed by atoms with Crippen LogP contribution in [0.15, 0.2) is 35.5 Å². The zero-order valence-corrected chi connectivity index (χ0v) is 13.3. The molecular weight excluding hydrogens is 322 g/mol. The van der Waals surface area contributed by atoms with E-state index in [0.29, 0.717) is 16.7 Å². The van der Waals surface area contributed by atoms with Crippen molar-refractivity contribution in [1.29, 1.82) is 0 Å². The molecule has 5 N–H and O–H groups in total. The van der Waals surface area contributed by atoms with Crippen LogP contribution in [0.3, 0.4) is 0 Å². The summed E-state index contributed by atoms with van der Waals surface area (Å²) in [4.78, 5) is 19.8. The highest BCUT2D eigenvalue weighted by Gasteiger charge is 2.06. The lowest BCUT2D eigenvalue weighted by atomic mass is 10.1. The lowest BCUT2D eigenvalue weighted by Crippen LogP contribution is -2.27. The van der Waals surface area contributed by atoms with Crippen molar-refractivity contribution in [3.05, 3.63) is 40.9 Å². The Balaban J connectivity index is 1.74. The van der Waals surface area contributed by atoms with Gasteiger partial charge >= 0.3 is 0 Å². The van der Waals surface area contributed by atoms with Crippen molar-refractivity contribution in [2.75, 3.05) is 23.8 Å². The lowest BCUT2D eigenvalue weighted by Gasteiger charge is -2.06. The number of anilines is 2. The number of amides is 1. The maximum Gasteiger partial charge on any atom is 0.230 e. The van der Waals surface area contributed by atoms with E-state index >= 15 is 0 Å².